The van der Waals surface area contributed by atoms with E-state index in [1.165, 1.54) is 0 Å². The van der Waals surface area contributed by atoms with E-state index in [1.807, 2.05) is 4.90 Å². The third-order valence-electron chi connectivity index (χ3n) is 3.52. The standard InChI is InChI=1S/C13H16BrF3N2/c14-10-4-3-9(12(6-10)13(15,16)17)8-19-5-1-2-11(19)7-18/h3-4,6,11H,1-2,5,7-8,18H2. The molecule has 6 heteroatoms. The van der Waals surface area contributed by atoms with Gasteiger partial charge in [0, 0.05) is 23.6 Å². The molecule has 2 N–H and O–H groups in total. The molecule has 1 saturated heterocycles. The van der Waals surface area contributed by atoms with E-state index in [1.54, 1.807) is 12.1 Å². The van der Waals surface area contributed by atoms with Crippen LogP contribution in [0.15, 0.2) is 22.7 Å². The molecule has 2 rings (SSSR count). The van der Waals surface area contributed by atoms with Crippen LogP contribution >= 0.6 is 15.9 Å². The van der Waals surface area contributed by atoms with Crippen molar-refractivity contribution in [3.05, 3.63) is 33.8 Å². The van der Waals surface area contributed by atoms with Crippen molar-refractivity contribution in [2.45, 2.75) is 31.6 Å². The van der Waals surface area contributed by atoms with Crippen molar-refractivity contribution in [3.8, 4) is 0 Å². The Bertz CT molecular complexity index is 448. The minimum absolute atomic E-state index is 0.199. The van der Waals surface area contributed by atoms with Gasteiger partial charge in [-0.15, -0.1) is 0 Å². The normalized spacial score (nSPS) is 21.0. The van der Waals surface area contributed by atoms with E-state index >= 15 is 0 Å². The van der Waals surface area contributed by atoms with Crippen molar-refractivity contribution >= 4 is 15.9 Å². The Hall–Kier alpha value is -0.590. The lowest BCUT2D eigenvalue weighted by Crippen LogP contribution is -2.35. The van der Waals surface area contributed by atoms with Crippen LogP contribution in [-0.4, -0.2) is 24.0 Å². The lowest BCUT2D eigenvalue weighted by molar-refractivity contribution is -0.138. The summed E-state index contributed by atoms with van der Waals surface area (Å²) in [5.41, 5.74) is 5.40. The van der Waals surface area contributed by atoms with E-state index in [2.05, 4.69) is 15.9 Å². The van der Waals surface area contributed by atoms with Crippen LogP contribution in [0.1, 0.15) is 24.0 Å². The topological polar surface area (TPSA) is 29.3 Å². The molecule has 0 aromatic heterocycles. The van der Waals surface area contributed by atoms with Crippen LogP contribution in [0.5, 0.6) is 0 Å². The Morgan fingerprint density at radius 2 is 2.11 bits per heavy atom. The van der Waals surface area contributed by atoms with E-state index < -0.39 is 11.7 Å². The number of hydrogen-bond acceptors (Lipinski definition) is 2. The van der Waals surface area contributed by atoms with Crippen LogP contribution in [0.2, 0.25) is 0 Å². The van der Waals surface area contributed by atoms with Crippen LogP contribution in [0.25, 0.3) is 0 Å². The van der Waals surface area contributed by atoms with Crippen molar-refractivity contribution < 1.29 is 13.2 Å². The fraction of sp³-hybridized carbons (Fsp3) is 0.538. The van der Waals surface area contributed by atoms with Crippen molar-refractivity contribution in [3.63, 3.8) is 0 Å². The molecule has 0 amide bonds. The maximum Gasteiger partial charge on any atom is 0.416 e. The molecule has 0 radical (unpaired) electrons. The number of likely N-dealkylation sites (tertiary alicyclic amines) is 1. The molecule has 0 spiro atoms. The lowest BCUT2D eigenvalue weighted by atomic mass is 10.1. The summed E-state index contributed by atoms with van der Waals surface area (Å²) in [7, 11) is 0. The summed E-state index contributed by atoms with van der Waals surface area (Å²) >= 11 is 3.09. The van der Waals surface area contributed by atoms with Gasteiger partial charge in [0.1, 0.15) is 0 Å². The number of hydrogen-bond donors (Lipinski definition) is 1. The summed E-state index contributed by atoms with van der Waals surface area (Å²) in [5, 5.41) is 0. The molecular weight excluding hydrogens is 321 g/mol. The maximum atomic E-state index is 13.0. The fourth-order valence-corrected chi connectivity index (χ4v) is 2.90. The second-order valence-corrected chi connectivity index (χ2v) is 5.72. The molecule has 1 aromatic rings. The van der Waals surface area contributed by atoms with Crippen molar-refractivity contribution in [2.75, 3.05) is 13.1 Å². The molecule has 1 aromatic carbocycles. The molecule has 0 bridgehead atoms. The highest BCUT2D eigenvalue weighted by Gasteiger charge is 2.34. The molecule has 1 aliphatic rings. The van der Waals surface area contributed by atoms with Gasteiger partial charge in [-0.05, 0) is 37.1 Å². The van der Waals surface area contributed by atoms with Crippen LogP contribution in [0, 0.1) is 0 Å². The Morgan fingerprint density at radius 3 is 2.74 bits per heavy atom. The summed E-state index contributed by atoms with van der Waals surface area (Å²) in [5.74, 6) is 0. The molecule has 1 atom stereocenters. The van der Waals surface area contributed by atoms with Crippen LogP contribution in [-0.2, 0) is 12.7 Å². The molecule has 0 saturated carbocycles. The van der Waals surface area contributed by atoms with Gasteiger partial charge < -0.3 is 5.73 Å². The van der Waals surface area contributed by atoms with Gasteiger partial charge in [0.2, 0.25) is 0 Å². The quantitative estimate of drug-likeness (QED) is 0.916. The summed E-state index contributed by atoms with van der Waals surface area (Å²) in [6.07, 6.45) is -2.36. The highest BCUT2D eigenvalue weighted by atomic mass is 79.9. The summed E-state index contributed by atoms with van der Waals surface area (Å²) < 4.78 is 39.5. The molecule has 1 unspecified atom stereocenters. The van der Waals surface area contributed by atoms with E-state index in [-0.39, 0.29) is 6.04 Å². The molecule has 1 fully saturated rings. The molecule has 1 heterocycles. The van der Waals surface area contributed by atoms with Gasteiger partial charge in [0.15, 0.2) is 0 Å². The smallest absolute Gasteiger partial charge is 0.329 e. The molecule has 106 valence electrons. The first-order chi connectivity index (χ1) is 8.91. The van der Waals surface area contributed by atoms with Crippen LogP contribution in [0.3, 0.4) is 0 Å². The monoisotopic (exact) mass is 336 g/mol. The minimum atomic E-state index is -4.32. The van der Waals surface area contributed by atoms with Gasteiger partial charge >= 0.3 is 6.18 Å². The van der Waals surface area contributed by atoms with Crippen molar-refractivity contribution in [2.24, 2.45) is 5.73 Å². The number of alkyl halides is 3. The van der Waals surface area contributed by atoms with Gasteiger partial charge in [-0.2, -0.15) is 13.2 Å². The molecule has 1 aliphatic heterocycles. The van der Waals surface area contributed by atoms with E-state index in [4.69, 9.17) is 5.73 Å². The number of nitrogens with zero attached hydrogens (tertiary/aromatic N) is 1. The summed E-state index contributed by atoms with van der Waals surface area (Å²) in [6.45, 7) is 1.62. The number of benzene rings is 1. The zero-order valence-electron chi connectivity index (χ0n) is 10.4. The van der Waals surface area contributed by atoms with Gasteiger partial charge in [-0.1, -0.05) is 22.0 Å². The Morgan fingerprint density at radius 1 is 1.37 bits per heavy atom. The van der Waals surface area contributed by atoms with Crippen LogP contribution < -0.4 is 5.73 Å². The molecular formula is C13H16BrF3N2. The average molecular weight is 337 g/mol. The number of halogens is 4. The first-order valence-electron chi connectivity index (χ1n) is 6.21. The third kappa shape index (κ3) is 3.49. The fourth-order valence-electron chi connectivity index (χ4n) is 2.54. The maximum absolute atomic E-state index is 13.0. The Balaban J connectivity index is 2.25. The lowest BCUT2D eigenvalue weighted by Gasteiger charge is -2.25. The average Bonchev–Trinajstić information content (AvgIpc) is 2.77. The summed E-state index contributed by atoms with van der Waals surface area (Å²) in [6, 6.07) is 4.53. The Labute approximate surface area is 118 Å². The third-order valence-corrected chi connectivity index (χ3v) is 4.02. The second kappa shape index (κ2) is 5.81. The van der Waals surface area contributed by atoms with Crippen molar-refractivity contribution in [1.82, 2.24) is 4.90 Å². The molecule has 19 heavy (non-hydrogen) atoms. The highest BCUT2D eigenvalue weighted by Crippen LogP contribution is 2.35. The number of rotatable bonds is 3. The number of nitrogens with two attached hydrogens (primary N) is 1. The Kier molecular flexibility index (Phi) is 4.53. The zero-order valence-corrected chi connectivity index (χ0v) is 12.0. The van der Waals surface area contributed by atoms with Gasteiger partial charge in [0.25, 0.3) is 0 Å². The first-order valence-corrected chi connectivity index (χ1v) is 7.01. The van der Waals surface area contributed by atoms with E-state index in [9.17, 15) is 13.2 Å². The van der Waals surface area contributed by atoms with E-state index in [0.717, 1.165) is 25.5 Å². The predicted octanol–water partition coefficient (Wildman–Crippen LogP) is 3.39. The first kappa shape index (κ1) is 14.8. The molecule has 0 aliphatic carbocycles. The largest absolute Gasteiger partial charge is 0.416 e. The van der Waals surface area contributed by atoms with Gasteiger partial charge in [0.05, 0.1) is 5.56 Å². The van der Waals surface area contributed by atoms with Gasteiger partial charge in [-0.3, -0.25) is 4.90 Å². The van der Waals surface area contributed by atoms with E-state index in [0.29, 0.717) is 23.1 Å². The minimum Gasteiger partial charge on any atom is -0.329 e. The molecule has 2 nitrogen and oxygen atoms in total. The van der Waals surface area contributed by atoms with Crippen molar-refractivity contribution in [1.29, 1.82) is 0 Å². The van der Waals surface area contributed by atoms with Gasteiger partial charge in [-0.25, -0.2) is 0 Å². The highest BCUT2D eigenvalue weighted by molar-refractivity contribution is 9.10. The SMILES string of the molecule is NCC1CCCN1Cc1ccc(Br)cc1C(F)(F)F. The van der Waals surface area contributed by atoms with Crippen LogP contribution in [0.4, 0.5) is 13.2 Å². The summed E-state index contributed by atoms with van der Waals surface area (Å²) in [4.78, 5) is 2.04. The second-order valence-electron chi connectivity index (χ2n) is 4.80. The predicted molar refractivity (Wildman–Crippen MR) is 71.6 cm³/mol. The zero-order chi connectivity index (χ0) is 14.0.